The van der Waals surface area contributed by atoms with Crippen molar-refractivity contribution in [1.82, 2.24) is 14.4 Å². The predicted octanol–water partition coefficient (Wildman–Crippen LogP) is 6.17. The van der Waals surface area contributed by atoms with Gasteiger partial charge in [0.1, 0.15) is 0 Å². The van der Waals surface area contributed by atoms with E-state index in [0.717, 1.165) is 40.6 Å². The highest BCUT2D eigenvalue weighted by Crippen LogP contribution is 2.46. The number of hydrogen-bond donors (Lipinski definition) is 1. The smallest absolute Gasteiger partial charge is 0.335 e. The summed E-state index contributed by atoms with van der Waals surface area (Å²) in [5, 5.41) is 10.9. The van der Waals surface area contributed by atoms with E-state index in [4.69, 9.17) is 0 Å². The second-order valence-electron chi connectivity index (χ2n) is 10.8. The van der Waals surface area contributed by atoms with E-state index in [1.54, 1.807) is 24.0 Å². The molecule has 2 fully saturated rings. The molecule has 0 atom stereocenters. The minimum absolute atomic E-state index is 0.0219. The van der Waals surface area contributed by atoms with E-state index in [1.807, 2.05) is 43.0 Å². The van der Waals surface area contributed by atoms with Crippen molar-refractivity contribution in [3.8, 4) is 11.3 Å². The van der Waals surface area contributed by atoms with E-state index in [2.05, 4.69) is 16.7 Å². The molecule has 210 valence electrons. The van der Waals surface area contributed by atoms with E-state index in [1.165, 1.54) is 24.8 Å². The van der Waals surface area contributed by atoms with E-state index >= 15 is 0 Å². The van der Waals surface area contributed by atoms with Crippen LogP contribution in [-0.4, -0.2) is 63.4 Å². The maximum atomic E-state index is 13.9. The summed E-state index contributed by atoms with van der Waals surface area (Å²) >= 11 is 0. The predicted molar refractivity (Wildman–Crippen MR) is 158 cm³/mol. The lowest BCUT2D eigenvalue weighted by Gasteiger charge is -2.34. The van der Waals surface area contributed by atoms with Crippen LogP contribution in [0, 0.1) is 0 Å². The number of aromatic nitrogens is 1. The Kier molecular flexibility index (Phi) is 8.10. The fraction of sp³-hybridized carbons (Fsp3) is 0.424. The van der Waals surface area contributed by atoms with Crippen molar-refractivity contribution in [2.24, 2.45) is 0 Å². The first-order valence-corrected chi connectivity index (χ1v) is 14.7. The maximum absolute atomic E-state index is 13.9. The Morgan fingerprint density at radius 2 is 1.55 bits per heavy atom. The third-order valence-electron chi connectivity index (χ3n) is 8.53. The van der Waals surface area contributed by atoms with Gasteiger partial charge in [0, 0.05) is 55.1 Å². The van der Waals surface area contributed by atoms with Crippen LogP contribution in [0.15, 0.2) is 48.0 Å². The van der Waals surface area contributed by atoms with Crippen LogP contribution in [0.2, 0.25) is 0 Å². The van der Waals surface area contributed by atoms with Crippen LogP contribution >= 0.6 is 0 Å². The van der Waals surface area contributed by atoms with E-state index in [-0.39, 0.29) is 17.4 Å². The summed E-state index contributed by atoms with van der Waals surface area (Å²) in [6, 6.07) is 13.7. The van der Waals surface area contributed by atoms with Crippen LogP contribution in [0.4, 0.5) is 0 Å². The number of carboxylic acid groups (broad SMARTS) is 1. The molecule has 2 aliphatic heterocycles. The molecule has 0 spiro atoms. The molecule has 1 N–H and O–H groups in total. The molecule has 2 aromatic carbocycles. The summed E-state index contributed by atoms with van der Waals surface area (Å²) < 4.78 is 2.19. The van der Waals surface area contributed by atoms with Gasteiger partial charge in [-0.1, -0.05) is 63.4 Å². The van der Waals surface area contributed by atoms with Crippen LogP contribution < -0.4 is 0 Å². The van der Waals surface area contributed by atoms with Gasteiger partial charge in [0.15, 0.2) is 0 Å². The van der Waals surface area contributed by atoms with Crippen LogP contribution in [-0.2, 0) is 16.1 Å². The average molecular weight is 542 g/mol. The quantitative estimate of drug-likeness (QED) is 0.430. The van der Waals surface area contributed by atoms with E-state index in [9.17, 15) is 19.5 Å². The number of aromatic carboxylic acids is 1. The Bertz CT molecular complexity index is 1470. The second kappa shape index (κ2) is 11.7. The molecular formula is C33H39N3O4. The molecule has 40 heavy (non-hydrogen) atoms. The third-order valence-corrected chi connectivity index (χ3v) is 8.53. The third kappa shape index (κ3) is 5.05. The lowest BCUT2D eigenvalue weighted by molar-refractivity contribution is -0.136. The van der Waals surface area contributed by atoms with Crippen molar-refractivity contribution >= 4 is 34.8 Å². The number of piperazine rings is 1. The fourth-order valence-electron chi connectivity index (χ4n) is 6.57. The second-order valence-corrected chi connectivity index (χ2v) is 10.8. The van der Waals surface area contributed by atoms with Gasteiger partial charge in [-0.15, -0.1) is 0 Å². The van der Waals surface area contributed by atoms with Crippen molar-refractivity contribution in [3.05, 3.63) is 64.7 Å². The summed E-state index contributed by atoms with van der Waals surface area (Å²) in [6.07, 6.45) is 7.89. The average Bonchev–Trinajstić information content (AvgIpc) is 3.20. The monoisotopic (exact) mass is 541 g/mol. The van der Waals surface area contributed by atoms with Gasteiger partial charge in [-0.05, 0) is 48.1 Å². The number of benzene rings is 2. The molecule has 1 aliphatic carbocycles. The highest BCUT2D eigenvalue weighted by molar-refractivity contribution is 6.03. The molecule has 0 bridgehead atoms. The number of fused-ring (bicyclic) bond motifs is 5. The van der Waals surface area contributed by atoms with Gasteiger partial charge in [-0.3, -0.25) is 9.59 Å². The maximum Gasteiger partial charge on any atom is 0.335 e. The van der Waals surface area contributed by atoms with Crippen molar-refractivity contribution < 1.29 is 19.5 Å². The Morgan fingerprint density at radius 1 is 0.875 bits per heavy atom. The van der Waals surface area contributed by atoms with Gasteiger partial charge in [0.25, 0.3) is 5.91 Å². The van der Waals surface area contributed by atoms with Gasteiger partial charge in [-0.25, -0.2) is 4.79 Å². The van der Waals surface area contributed by atoms with Gasteiger partial charge in [-0.2, -0.15) is 0 Å². The Labute approximate surface area is 236 Å². The molecule has 3 heterocycles. The van der Waals surface area contributed by atoms with Crippen molar-refractivity contribution in [2.75, 3.05) is 26.2 Å². The van der Waals surface area contributed by atoms with Gasteiger partial charge in [0.2, 0.25) is 5.91 Å². The molecule has 0 radical (unpaired) electrons. The van der Waals surface area contributed by atoms with Crippen LogP contribution in [0.5, 0.6) is 0 Å². The number of carboxylic acids is 1. The van der Waals surface area contributed by atoms with Crippen molar-refractivity contribution in [3.63, 3.8) is 0 Å². The first kappa shape index (κ1) is 27.7. The number of hydrogen-bond acceptors (Lipinski definition) is 3. The fourth-order valence-corrected chi connectivity index (χ4v) is 6.57. The summed E-state index contributed by atoms with van der Waals surface area (Å²) in [6.45, 7) is 8.03. The molecule has 6 rings (SSSR count). The molecule has 3 aliphatic rings. The largest absolute Gasteiger partial charge is 0.478 e. The number of amides is 2. The summed E-state index contributed by atoms with van der Waals surface area (Å²) in [5.74, 6) is -0.534. The molecule has 3 aromatic rings. The number of nitrogens with zero attached hydrogens (tertiary/aromatic N) is 3. The molecule has 2 amide bonds. The number of carbonyl (C=O) groups excluding carboxylic acids is 2. The molecular weight excluding hydrogens is 502 g/mol. The van der Waals surface area contributed by atoms with Crippen molar-refractivity contribution in [2.45, 2.75) is 65.3 Å². The van der Waals surface area contributed by atoms with Gasteiger partial charge >= 0.3 is 5.97 Å². The Morgan fingerprint density at radius 3 is 2.23 bits per heavy atom. The normalized spacial score (nSPS) is 17.2. The Hall–Kier alpha value is -3.87. The first-order chi connectivity index (χ1) is 19.4. The summed E-state index contributed by atoms with van der Waals surface area (Å²) in [4.78, 5) is 41.2. The molecule has 7 heteroatoms. The molecule has 1 saturated heterocycles. The number of carbonyl (C=O) groups is 3. The van der Waals surface area contributed by atoms with Crippen LogP contribution in [0.1, 0.15) is 80.3 Å². The molecule has 1 saturated carbocycles. The lowest BCUT2D eigenvalue weighted by Crippen LogP contribution is -2.50. The lowest BCUT2D eigenvalue weighted by atomic mass is 9.81. The van der Waals surface area contributed by atoms with Crippen molar-refractivity contribution in [1.29, 1.82) is 0 Å². The summed E-state index contributed by atoms with van der Waals surface area (Å²) in [5.41, 5.74) is 6.31. The zero-order chi connectivity index (χ0) is 28.4. The van der Waals surface area contributed by atoms with E-state index in [0.29, 0.717) is 44.2 Å². The minimum Gasteiger partial charge on any atom is -0.478 e. The molecule has 7 nitrogen and oxygen atoms in total. The molecule has 1 aromatic heterocycles. The number of rotatable bonds is 3. The van der Waals surface area contributed by atoms with E-state index < -0.39 is 5.97 Å². The zero-order valence-corrected chi connectivity index (χ0v) is 23.8. The highest BCUT2D eigenvalue weighted by atomic mass is 16.4. The molecule has 0 unspecified atom stereocenters. The van der Waals surface area contributed by atoms with Crippen LogP contribution in [0.25, 0.3) is 28.2 Å². The van der Waals surface area contributed by atoms with Crippen LogP contribution in [0.3, 0.4) is 0 Å². The summed E-state index contributed by atoms with van der Waals surface area (Å²) in [7, 11) is 0. The van der Waals surface area contributed by atoms with Gasteiger partial charge in [0.05, 0.1) is 17.8 Å². The first-order valence-electron chi connectivity index (χ1n) is 14.7. The highest BCUT2D eigenvalue weighted by Gasteiger charge is 2.32. The minimum atomic E-state index is -0.953. The standard InChI is InChI=1S/C31H33N3O4.C2H6/c1-20(35)32-13-15-33(16-14-32)30(36)24-17-22-9-5-6-10-25(22)29-28(21-7-3-2-4-8-21)26-12-11-23(31(37)38)18-27(26)34(29)19-24;1-2/h5-6,9-12,17-18,21H,2-4,7-8,13-16,19H2,1H3,(H,37,38);1-2H3. The SMILES string of the molecule is CC.CC(=O)N1CCN(C(=O)C2=Cc3ccccc3-c3c(C4CCCCC4)c4ccc(C(=O)O)cc4n3C2)CC1. The topological polar surface area (TPSA) is 82.8 Å². The Balaban J connectivity index is 0.00000158. The van der Waals surface area contributed by atoms with Gasteiger partial charge < -0.3 is 19.5 Å². The zero-order valence-electron chi connectivity index (χ0n) is 23.8.